The van der Waals surface area contributed by atoms with Gasteiger partial charge in [0, 0.05) is 0 Å². The number of aromatic nitrogens is 1. The van der Waals surface area contributed by atoms with Gasteiger partial charge in [-0.3, -0.25) is 9.72 Å². The smallest absolute Gasteiger partial charge is 0.450 e. The van der Waals surface area contributed by atoms with Crippen LogP contribution in [0.2, 0.25) is 0 Å². The molecule has 0 aliphatic heterocycles. The SMILES string of the molecule is Cc1[c-]cc(=Nc2ccc(C)cc2)n(O)c1.[Y+3].[c-]1ccccc1. The monoisotopic (exact) mass is 379 g/mol. The molecule has 0 radical (unpaired) electrons. The van der Waals surface area contributed by atoms with Crippen molar-refractivity contribution in [3.63, 3.8) is 0 Å². The van der Waals surface area contributed by atoms with Crippen molar-refractivity contribution >= 4 is 5.69 Å². The van der Waals surface area contributed by atoms with Gasteiger partial charge in [-0.15, -0.1) is 11.6 Å². The molecule has 112 valence electrons. The van der Waals surface area contributed by atoms with E-state index in [0.717, 1.165) is 16.0 Å². The summed E-state index contributed by atoms with van der Waals surface area (Å²) in [4.78, 5) is 4.30. The van der Waals surface area contributed by atoms with Gasteiger partial charge in [0.05, 0.1) is 11.2 Å². The van der Waals surface area contributed by atoms with Gasteiger partial charge in [0.2, 0.25) is 0 Å². The third kappa shape index (κ3) is 6.94. The third-order valence-electron chi connectivity index (χ3n) is 2.86. The van der Waals surface area contributed by atoms with E-state index in [1.54, 1.807) is 12.3 Å². The molecule has 0 aliphatic carbocycles. The summed E-state index contributed by atoms with van der Waals surface area (Å²) in [6, 6.07) is 25.0. The Morgan fingerprint density at radius 3 is 2.13 bits per heavy atom. The molecule has 0 spiro atoms. The first-order valence-electron chi connectivity index (χ1n) is 6.98. The number of nitrogens with zero attached hydrogens (tertiary/aromatic N) is 2. The predicted molar refractivity (Wildman–Crippen MR) is 86.9 cm³/mol. The summed E-state index contributed by atoms with van der Waals surface area (Å²) in [5.74, 6) is 0. The Kier molecular flexibility index (Phi) is 8.53. The molecule has 1 heterocycles. The second kappa shape index (κ2) is 10.1. The summed E-state index contributed by atoms with van der Waals surface area (Å²) >= 11 is 0. The van der Waals surface area contributed by atoms with Crippen LogP contribution in [0.5, 0.6) is 0 Å². The average molecular weight is 379 g/mol. The van der Waals surface area contributed by atoms with Crippen LogP contribution in [0.25, 0.3) is 0 Å². The third-order valence-corrected chi connectivity index (χ3v) is 2.86. The second-order valence-electron chi connectivity index (χ2n) is 4.83. The van der Waals surface area contributed by atoms with Crippen molar-refractivity contribution in [1.29, 1.82) is 0 Å². The van der Waals surface area contributed by atoms with Gasteiger partial charge in [0.1, 0.15) is 0 Å². The molecule has 0 amide bonds. The Morgan fingerprint density at radius 2 is 1.65 bits per heavy atom. The summed E-state index contributed by atoms with van der Waals surface area (Å²) in [5.41, 5.74) is 3.33. The van der Waals surface area contributed by atoms with E-state index in [0.29, 0.717) is 5.49 Å². The van der Waals surface area contributed by atoms with Gasteiger partial charge in [0.15, 0.2) is 0 Å². The molecule has 23 heavy (non-hydrogen) atoms. The number of hydrogen-bond acceptors (Lipinski definition) is 2. The number of benzene rings is 2. The van der Waals surface area contributed by atoms with Crippen LogP contribution in [0, 0.1) is 26.0 Å². The zero-order valence-corrected chi connectivity index (χ0v) is 16.1. The molecule has 0 unspecified atom stereocenters. The summed E-state index contributed by atoms with van der Waals surface area (Å²) in [7, 11) is 0. The van der Waals surface area contributed by atoms with Gasteiger partial charge in [-0.2, -0.15) is 42.5 Å². The van der Waals surface area contributed by atoms with Crippen LogP contribution in [-0.2, 0) is 32.7 Å². The fraction of sp³-hybridized carbons (Fsp3) is 0.105. The van der Waals surface area contributed by atoms with Crippen molar-refractivity contribution in [2.24, 2.45) is 4.99 Å². The molecular weight excluding hydrogens is 361 g/mol. The summed E-state index contributed by atoms with van der Waals surface area (Å²) in [5, 5.41) is 9.61. The molecule has 0 atom stereocenters. The fourth-order valence-electron chi connectivity index (χ4n) is 1.71. The van der Waals surface area contributed by atoms with Gasteiger partial charge in [0.25, 0.3) is 0 Å². The van der Waals surface area contributed by atoms with Gasteiger partial charge in [-0.1, -0.05) is 30.8 Å². The van der Waals surface area contributed by atoms with Crippen LogP contribution >= 0.6 is 0 Å². The first kappa shape index (κ1) is 19.3. The van der Waals surface area contributed by atoms with Gasteiger partial charge >= 0.3 is 32.7 Å². The molecule has 3 rings (SSSR count). The van der Waals surface area contributed by atoms with E-state index >= 15 is 0 Å². The quantitative estimate of drug-likeness (QED) is 0.506. The van der Waals surface area contributed by atoms with E-state index in [9.17, 15) is 5.21 Å². The summed E-state index contributed by atoms with van der Waals surface area (Å²) < 4.78 is 1.01. The number of aryl methyl sites for hydroxylation is 2. The number of rotatable bonds is 1. The van der Waals surface area contributed by atoms with Crippen molar-refractivity contribution in [3.05, 3.63) is 95.6 Å². The first-order valence-corrected chi connectivity index (χ1v) is 6.98. The maximum Gasteiger partial charge on any atom is 3.00 e. The molecule has 1 N–H and O–H groups in total. The molecule has 3 aromatic rings. The van der Waals surface area contributed by atoms with Gasteiger partial charge < -0.3 is 5.21 Å². The Balaban J connectivity index is 0.000000320. The van der Waals surface area contributed by atoms with Crippen molar-refractivity contribution in [2.75, 3.05) is 0 Å². The van der Waals surface area contributed by atoms with E-state index in [2.05, 4.69) is 17.1 Å². The van der Waals surface area contributed by atoms with Crippen molar-refractivity contribution < 1.29 is 37.9 Å². The minimum atomic E-state index is 0. The molecule has 2 aromatic carbocycles. The van der Waals surface area contributed by atoms with Crippen LogP contribution in [0.1, 0.15) is 11.1 Å². The average Bonchev–Trinajstić information content (AvgIpc) is 2.54. The van der Waals surface area contributed by atoms with Crippen LogP contribution < -0.4 is 5.49 Å². The van der Waals surface area contributed by atoms with E-state index in [-0.39, 0.29) is 32.7 Å². The van der Waals surface area contributed by atoms with Crippen molar-refractivity contribution in [1.82, 2.24) is 4.73 Å². The standard InChI is InChI=1S/C13H13N2O.C6H5.Y/c1-10-3-6-12(7-4-10)14-13-8-5-11(2)9-15(13)16;1-2-4-6-5-3-1;/h3-4,6-9,16H,1-2H3;1-5H;/q2*-1;+3. The van der Waals surface area contributed by atoms with Crippen LogP contribution in [-0.4, -0.2) is 9.94 Å². The maximum atomic E-state index is 9.61. The number of pyridine rings is 1. The largest absolute Gasteiger partial charge is 3.00 e. The minimum absolute atomic E-state index is 0. The molecule has 3 nitrogen and oxygen atoms in total. The predicted octanol–water partition coefficient (Wildman–Crippen LogP) is 3.86. The van der Waals surface area contributed by atoms with Crippen LogP contribution in [0.15, 0.2) is 71.9 Å². The second-order valence-corrected chi connectivity index (χ2v) is 4.83. The molecule has 0 aliphatic rings. The zero-order valence-electron chi connectivity index (χ0n) is 13.3. The van der Waals surface area contributed by atoms with E-state index in [1.165, 1.54) is 5.56 Å². The fourth-order valence-corrected chi connectivity index (χ4v) is 1.71. The number of hydrogen-bond donors (Lipinski definition) is 1. The van der Waals surface area contributed by atoms with Crippen LogP contribution in [0.4, 0.5) is 5.69 Å². The molecule has 1 aromatic heterocycles. The molecule has 4 heteroatoms. The van der Waals surface area contributed by atoms with E-state index in [1.807, 2.05) is 68.4 Å². The summed E-state index contributed by atoms with van der Waals surface area (Å²) in [6.45, 7) is 3.89. The molecule has 0 saturated heterocycles. The minimum Gasteiger partial charge on any atom is -0.450 e. The van der Waals surface area contributed by atoms with E-state index in [4.69, 9.17) is 0 Å². The van der Waals surface area contributed by atoms with Crippen molar-refractivity contribution in [2.45, 2.75) is 13.8 Å². The van der Waals surface area contributed by atoms with Gasteiger partial charge in [-0.05, 0) is 19.1 Å². The summed E-state index contributed by atoms with van der Waals surface area (Å²) in [6.07, 6.45) is 1.58. The Morgan fingerprint density at radius 1 is 1.00 bits per heavy atom. The molecule has 0 bridgehead atoms. The topological polar surface area (TPSA) is 37.5 Å². The van der Waals surface area contributed by atoms with E-state index < -0.39 is 0 Å². The molecule has 0 saturated carbocycles. The van der Waals surface area contributed by atoms with Crippen molar-refractivity contribution in [3.8, 4) is 0 Å². The Hall–Kier alpha value is -1.71. The zero-order chi connectivity index (χ0) is 15.8. The Labute approximate surface area is 162 Å². The normalized spacial score (nSPS) is 10.3. The van der Waals surface area contributed by atoms with Crippen LogP contribution in [0.3, 0.4) is 0 Å². The molecular formula is C19H18N2OY+. The maximum absolute atomic E-state index is 9.61. The first-order chi connectivity index (χ1) is 10.6. The van der Waals surface area contributed by atoms with Gasteiger partial charge in [-0.25, -0.2) is 0 Å². The molecule has 0 fully saturated rings. The Bertz CT molecular complexity index is 739.